The third kappa shape index (κ3) is 6.91. The second-order valence-electron chi connectivity index (χ2n) is 8.72. The predicted molar refractivity (Wildman–Crippen MR) is 128 cm³/mol. The maximum atomic E-state index is 12.0. The number of rotatable bonds is 12. The SMILES string of the molecule is COc1cc2c(c(OC)c1OCC=C(C)CCC=C(C)CCC(O)C(C)(C)Cl)CNC2=O. The Balaban J connectivity index is 1.91. The number of fused-ring (bicyclic) bond motifs is 1. The summed E-state index contributed by atoms with van der Waals surface area (Å²) in [5, 5.41) is 12.9. The van der Waals surface area contributed by atoms with E-state index in [0.29, 0.717) is 42.4 Å². The summed E-state index contributed by atoms with van der Waals surface area (Å²) >= 11 is 6.16. The van der Waals surface area contributed by atoms with Crippen molar-refractivity contribution >= 4 is 17.5 Å². The number of aliphatic hydroxyl groups excluding tert-OH is 1. The van der Waals surface area contributed by atoms with Crippen molar-refractivity contribution in [2.75, 3.05) is 20.8 Å². The average Bonchev–Trinajstić information content (AvgIpc) is 3.10. The lowest BCUT2D eigenvalue weighted by Crippen LogP contribution is -2.29. The van der Waals surface area contributed by atoms with E-state index in [0.717, 1.165) is 24.8 Å². The molecule has 1 aromatic rings. The number of carbonyl (C=O) groups is 1. The molecule has 0 radical (unpaired) electrons. The summed E-state index contributed by atoms with van der Waals surface area (Å²) in [6.45, 7) is 8.61. The second kappa shape index (κ2) is 11.6. The third-order valence-corrected chi connectivity index (χ3v) is 5.95. The van der Waals surface area contributed by atoms with Crippen molar-refractivity contribution in [3.8, 4) is 17.2 Å². The lowest BCUT2D eigenvalue weighted by atomic mass is 9.98. The Morgan fingerprint density at radius 1 is 1.19 bits per heavy atom. The van der Waals surface area contributed by atoms with E-state index in [4.69, 9.17) is 25.8 Å². The molecule has 0 saturated heterocycles. The summed E-state index contributed by atoms with van der Waals surface area (Å²) < 4.78 is 17.0. The van der Waals surface area contributed by atoms with E-state index in [-0.39, 0.29) is 5.91 Å². The van der Waals surface area contributed by atoms with Gasteiger partial charge in [0.2, 0.25) is 5.75 Å². The van der Waals surface area contributed by atoms with Gasteiger partial charge in [0, 0.05) is 12.1 Å². The number of benzene rings is 1. The van der Waals surface area contributed by atoms with Crippen molar-refractivity contribution in [3.63, 3.8) is 0 Å². The van der Waals surface area contributed by atoms with Gasteiger partial charge in [-0.25, -0.2) is 0 Å². The van der Waals surface area contributed by atoms with Crippen LogP contribution in [0.2, 0.25) is 0 Å². The number of amides is 1. The second-order valence-corrected chi connectivity index (χ2v) is 9.69. The van der Waals surface area contributed by atoms with E-state index in [9.17, 15) is 9.90 Å². The number of aliphatic hydroxyl groups is 1. The van der Waals surface area contributed by atoms with Crippen molar-refractivity contribution in [2.45, 2.75) is 70.9 Å². The van der Waals surface area contributed by atoms with Gasteiger partial charge >= 0.3 is 0 Å². The molecule has 0 bridgehead atoms. The highest BCUT2D eigenvalue weighted by Crippen LogP contribution is 2.43. The molecule has 0 saturated carbocycles. The normalized spacial score (nSPS) is 15.3. The molecule has 0 spiro atoms. The Hall–Kier alpha value is -2.18. The summed E-state index contributed by atoms with van der Waals surface area (Å²) in [6, 6.07) is 1.70. The van der Waals surface area contributed by atoms with E-state index in [1.165, 1.54) is 11.1 Å². The highest BCUT2D eigenvalue weighted by atomic mass is 35.5. The van der Waals surface area contributed by atoms with E-state index in [1.807, 2.05) is 19.9 Å². The standard InChI is InChI=1S/C25H36ClNO5/c1-16(10-11-21(28)25(3,4)26)8-7-9-17(2)12-13-32-23-20(30-5)14-18-19(22(23)31-6)15-27-24(18)29/h8,12,14,21,28H,7,9-11,13,15H2,1-6H3,(H,27,29). The van der Waals surface area contributed by atoms with Crippen molar-refractivity contribution in [1.29, 1.82) is 0 Å². The zero-order chi connectivity index (χ0) is 23.9. The van der Waals surface area contributed by atoms with Gasteiger partial charge in [-0.2, -0.15) is 0 Å². The van der Waals surface area contributed by atoms with Gasteiger partial charge in [-0.1, -0.05) is 17.2 Å². The molecule has 7 heteroatoms. The number of methoxy groups -OCH3 is 2. The van der Waals surface area contributed by atoms with Crippen molar-refractivity contribution in [3.05, 3.63) is 40.5 Å². The van der Waals surface area contributed by atoms with Crippen LogP contribution in [0.4, 0.5) is 0 Å². The van der Waals surface area contributed by atoms with Crippen LogP contribution in [-0.2, 0) is 6.54 Å². The van der Waals surface area contributed by atoms with Crippen LogP contribution >= 0.6 is 11.6 Å². The zero-order valence-corrected chi connectivity index (χ0v) is 20.8. The minimum atomic E-state index is -0.601. The van der Waals surface area contributed by atoms with Crippen molar-refractivity contribution < 1.29 is 24.1 Å². The van der Waals surface area contributed by atoms with Crippen LogP contribution in [-0.4, -0.2) is 42.8 Å². The van der Waals surface area contributed by atoms with E-state index in [2.05, 4.69) is 25.2 Å². The van der Waals surface area contributed by atoms with Gasteiger partial charge in [-0.05, 0) is 65.5 Å². The van der Waals surface area contributed by atoms with Crippen LogP contribution in [0, 0.1) is 0 Å². The quantitative estimate of drug-likeness (QED) is 0.329. The number of ether oxygens (including phenoxy) is 3. The Morgan fingerprint density at radius 3 is 2.50 bits per heavy atom. The monoisotopic (exact) mass is 465 g/mol. The van der Waals surface area contributed by atoms with Gasteiger partial charge in [0.15, 0.2) is 11.5 Å². The maximum absolute atomic E-state index is 12.0. The Kier molecular flexibility index (Phi) is 9.47. The van der Waals surface area contributed by atoms with Crippen LogP contribution in [0.25, 0.3) is 0 Å². The molecule has 1 aromatic carbocycles. The molecule has 1 unspecified atom stereocenters. The minimum Gasteiger partial charge on any atom is -0.493 e. The Labute approximate surface area is 196 Å². The highest BCUT2D eigenvalue weighted by molar-refractivity contribution is 6.23. The van der Waals surface area contributed by atoms with Crippen molar-refractivity contribution in [2.24, 2.45) is 0 Å². The molecule has 0 aromatic heterocycles. The van der Waals surface area contributed by atoms with Gasteiger partial charge in [-0.3, -0.25) is 4.79 Å². The summed E-state index contributed by atoms with van der Waals surface area (Å²) in [4.78, 5) is 11.4. The first-order valence-corrected chi connectivity index (χ1v) is 11.3. The minimum absolute atomic E-state index is 0.136. The topological polar surface area (TPSA) is 77.0 Å². The van der Waals surface area contributed by atoms with Crippen LogP contribution in [0.15, 0.2) is 29.4 Å². The number of alkyl halides is 1. The molecule has 32 heavy (non-hydrogen) atoms. The lowest BCUT2D eigenvalue weighted by molar-refractivity contribution is 0.0965. The number of allylic oxidation sites excluding steroid dienone is 3. The molecule has 1 aliphatic rings. The molecule has 2 N–H and O–H groups in total. The molecule has 1 amide bonds. The van der Waals surface area contributed by atoms with E-state index < -0.39 is 11.0 Å². The molecule has 1 atom stereocenters. The molecule has 178 valence electrons. The van der Waals surface area contributed by atoms with Gasteiger partial charge in [-0.15, -0.1) is 11.6 Å². The number of halogens is 1. The summed E-state index contributed by atoms with van der Waals surface area (Å²) in [5.41, 5.74) is 3.82. The van der Waals surface area contributed by atoms with Gasteiger partial charge in [0.25, 0.3) is 5.91 Å². The fourth-order valence-corrected chi connectivity index (χ4v) is 3.64. The summed E-state index contributed by atoms with van der Waals surface area (Å²) in [6.07, 6.45) is 7.06. The van der Waals surface area contributed by atoms with Crippen LogP contribution in [0.1, 0.15) is 69.3 Å². The van der Waals surface area contributed by atoms with Crippen molar-refractivity contribution in [1.82, 2.24) is 5.32 Å². The molecular weight excluding hydrogens is 430 g/mol. The smallest absolute Gasteiger partial charge is 0.252 e. The molecule has 6 nitrogen and oxygen atoms in total. The fourth-order valence-electron chi connectivity index (χ4n) is 3.53. The molecular formula is C25H36ClNO5. The van der Waals surface area contributed by atoms with E-state index in [1.54, 1.807) is 20.3 Å². The fraction of sp³-hybridized carbons (Fsp3) is 0.560. The molecule has 2 rings (SSSR count). The largest absolute Gasteiger partial charge is 0.493 e. The first kappa shape index (κ1) is 26.1. The third-order valence-electron chi connectivity index (χ3n) is 5.69. The van der Waals surface area contributed by atoms with Gasteiger partial charge in [0.1, 0.15) is 6.61 Å². The predicted octanol–water partition coefficient (Wildman–Crippen LogP) is 5.16. The maximum Gasteiger partial charge on any atom is 0.252 e. The van der Waals surface area contributed by atoms with Gasteiger partial charge in [0.05, 0.1) is 30.8 Å². The first-order chi connectivity index (χ1) is 15.1. The first-order valence-electron chi connectivity index (χ1n) is 11.0. The van der Waals surface area contributed by atoms with Crippen LogP contribution in [0.5, 0.6) is 17.2 Å². The molecule has 0 fully saturated rings. The Bertz CT molecular complexity index is 870. The van der Waals surface area contributed by atoms with Gasteiger partial charge < -0.3 is 24.6 Å². The number of carbonyl (C=O) groups excluding carboxylic acids is 1. The van der Waals surface area contributed by atoms with Crippen LogP contribution < -0.4 is 19.5 Å². The molecule has 0 aliphatic carbocycles. The number of nitrogens with one attached hydrogen (secondary N) is 1. The Morgan fingerprint density at radius 2 is 1.88 bits per heavy atom. The summed E-state index contributed by atoms with van der Waals surface area (Å²) in [5.74, 6) is 1.38. The molecule has 1 heterocycles. The van der Waals surface area contributed by atoms with E-state index >= 15 is 0 Å². The zero-order valence-electron chi connectivity index (χ0n) is 20.0. The highest BCUT2D eigenvalue weighted by Gasteiger charge is 2.28. The average molecular weight is 466 g/mol. The number of hydrogen-bond acceptors (Lipinski definition) is 5. The summed E-state index contributed by atoms with van der Waals surface area (Å²) in [7, 11) is 3.11. The molecule has 1 aliphatic heterocycles. The number of hydrogen-bond donors (Lipinski definition) is 2. The lowest BCUT2D eigenvalue weighted by Gasteiger charge is -2.23. The van der Waals surface area contributed by atoms with Crippen LogP contribution in [0.3, 0.4) is 0 Å².